The molecule has 1 N–H and O–H groups in total. The van der Waals surface area contributed by atoms with Crippen molar-refractivity contribution in [3.63, 3.8) is 0 Å². The predicted octanol–water partition coefficient (Wildman–Crippen LogP) is 6.08. The Morgan fingerprint density at radius 3 is 2.49 bits per heavy atom. The number of furan rings is 1. The van der Waals surface area contributed by atoms with Gasteiger partial charge in [0.15, 0.2) is 11.4 Å². The van der Waals surface area contributed by atoms with Crippen molar-refractivity contribution in [1.29, 1.82) is 0 Å². The second kappa shape index (κ2) is 13.7. The molecule has 10 nitrogen and oxygen atoms in total. The minimum absolute atomic E-state index is 0.0570. The van der Waals surface area contributed by atoms with E-state index >= 15 is 4.39 Å². The van der Waals surface area contributed by atoms with Crippen LogP contribution in [-0.2, 0) is 20.7 Å². The average molecular weight is 687 g/mol. The molecule has 4 heterocycles. The van der Waals surface area contributed by atoms with Gasteiger partial charge in [0.25, 0.3) is 0 Å². The fraction of sp³-hybridized carbons (Fsp3) is 0.514. The Kier molecular flexibility index (Phi) is 9.37. The average Bonchev–Trinajstić information content (AvgIpc) is 3.84. The zero-order valence-electron chi connectivity index (χ0n) is 26.8. The van der Waals surface area contributed by atoms with Crippen molar-refractivity contribution < 1.29 is 45.8 Å². The van der Waals surface area contributed by atoms with Gasteiger partial charge in [-0.25, -0.2) is 9.37 Å². The summed E-state index contributed by atoms with van der Waals surface area (Å²) in [6.07, 6.45) is -0.480. The fourth-order valence-corrected chi connectivity index (χ4v) is 7.55. The van der Waals surface area contributed by atoms with Crippen molar-refractivity contribution in [3.8, 4) is 11.5 Å². The number of hydrogen-bond acceptors (Lipinski definition) is 8. The predicted molar refractivity (Wildman–Crippen MR) is 170 cm³/mol. The largest absolute Gasteiger partial charge is 0.481 e. The van der Waals surface area contributed by atoms with E-state index in [0.29, 0.717) is 74.8 Å². The number of para-hydroxylation sites is 1. The lowest BCUT2D eigenvalue weighted by Gasteiger charge is -2.45. The highest BCUT2D eigenvalue weighted by atomic mass is 19.4. The molecule has 7 rings (SSSR count). The molecule has 0 radical (unpaired) electrons. The molecule has 49 heavy (non-hydrogen) atoms. The van der Waals surface area contributed by atoms with Crippen LogP contribution in [0.3, 0.4) is 0 Å². The lowest BCUT2D eigenvalue weighted by atomic mass is 9.87. The Balaban J connectivity index is 1.09. The monoisotopic (exact) mass is 686 g/mol. The number of carbonyl (C=O) groups excluding carboxylic acids is 1. The number of alkyl halides is 3. The highest BCUT2D eigenvalue weighted by molar-refractivity contribution is 5.93. The SMILES string of the molecule is O=C(O)C1CCC(OC(C2CCCN2C(=O)Cc2ccc3nc(-c4coc5ccccc45)oc3c2F)N2CCN(CC(F)(F)F)CC2)CC1. The van der Waals surface area contributed by atoms with Crippen LogP contribution in [0.1, 0.15) is 44.1 Å². The van der Waals surface area contributed by atoms with Crippen LogP contribution >= 0.6 is 0 Å². The summed E-state index contributed by atoms with van der Waals surface area (Å²) in [5.74, 6) is -2.02. The van der Waals surface area contributed by atoms with Gasteiger partial charge in [-0.15, -0.1) is 0 Å². The third-order valence-corrected chi connectivity index (χ3v) is 10.1. The van der Waals surface area contributed by atoms with Gasteiger partial charge in [-0.05, 0) is 50.7 Å². The lowest BCUT2D eigenvalue weighted by molar-refractivity contribution is -0.173. The highest BCUT2D eigenvalue weighted by Gasteiger charge is 2.42. The van der Waals surface area contributed by atoms with Crippen LogP contribution in [0.4, 0.5) is 17.6 Å². The first-order valence-electron chi connectivity index (χ1n) is 16.8. The molecule has 2 aromatic heterocycles. The number of piperazine rings is 1. The molecule has 14 heteroatoms. The number of hydrogen-bond donors (Lipinski definition) is 1. The normalized spacial score (nSPS) is 23.4. The van der Waals surface area contributed by atoms with E-state index in [1.807, 2.05) is 29.2 Å². The molecule has 1 saturated carbocycles. The van der Waals surface area contributed by atoms with Gasteiger partial charge in [-0.2, -0.15) is 13.2 Å². The minimum atomic E-state index is -4.30. The maximum atomic E-state index is 15.9. The van der Waals surface area contributed by atoms with E-state index in [1.54, 1.807) is 11.0 Å². The first-order valence-corrected chi connectivity index (χ1v) is 16.8. The molecule has 1 amide bonds. The molecule has 1 aliphatic carbocycles. The molecular formula is C35H38F4N4O6. The standard InChI is InChI=1S/C35H38F4N4O6/c36-30-22(9-12-26-31(30)49-32(40-26)25-19-47-28-6-2-1-4-24(25)28)18-29(44)43-13-3-5-27(43)33(48-23-10-7-21(8-11-23)34(45)46)42-16-14-41(15-17-42)20-35(37,38)39/h1-2,4,6,9,12,19,21,23,27,33H,3,5,7-8,10-11,13-18,20H2,(H,45,46). The number of aliphatic carboxylic acids is 1. The van der Waals surface area contributed by atoms with E-state index in [4.69, 9.17) is 13.6 Å². The summed E-state index contributed by atoms with van der Waals surface area (Å²) in [6.45, 7) is 0.507. The van der Waals surface area contributed by atoms with Crippen LogP contribution in [0.15, 0.2) is 51.5 Å². The summed E-state index contributed by atoms with van der Waals surface area (Å²) in [6, 6.07) is 10.1. The minimum Gasteiger partial charge on any atom is -0.481 e. The van der Waals surface area contributed by atoms with Crippen LogP contribution in [0, 0.1) is 11.7 Å². The van der Waals surface area contributed by atoms with E-state index in [0.717, 1.165) is 5.39 Å². The number of fused-ring (bicyclic) bond motifs is 2. The second-order valence-electron chi connectivity index (χ2n) is 13.3. The Bertz CT molecular complexity index is 1810. The third kappa shape index (κ3) is 7.17. The van der Waals surface area contributed by atoms with Gasteiger partial charge in [0.2, 0.25) is 11.8 Å². The number of ether oxygens (including phenoxy) is 1. The number of likely N-dealkylation sites (tertiary alicyclic amines) is 1. The Labute approximate surface area is 279 Å². The zero-order valence-corrected chi connectivity index (χ0v) is 26.8. The number of amides is 1. The Morgan fingerprint density at radius 2 is 1.76 bits per heavy atom. The number of oxazole rings is 1. The van der Waals surface area contributed by atoms with Crippen LogP contribution < -0.4 is 0 Å². The molecule has 3 fully saturated rings. The number of carbonyl (C=O) groups is 2. The number of carboxylic acids is 1. The molecule has 3 aliphatic rings. The van der Waals surface area contributed by atoms with Crippen molar-refractivity contribution in [2.45, 2.75) is 69.5 Å². The molecule has 2 aromatic carbocycles. The van der Waals surface area contributed by atoms with E-state index in [9.17, 15) is 27.9 Å². The number of halogens is 4. The maximum absolute atomic E-state index is 15.9. The van der Waals surface area contributed by atoms with Crippen LogP contribution in [-0.4, -0.2) is 100 Å². The smallest absolute Gasteiger partial charge is 0.401 e. The number of carboxylic acid groups (broad SMARTS) is 1. The molecule has 2 aliphatic heterocycles. The van der Waals surface area contributed by atoms with Gasteiger partial charge >= 0.3 is 12.1 Å². The second-order valence-corrected chi connectivity index (χ2v) is 13.3. The zero-order chi connectivity index (χ0) is 34.3. The van der Waals surface area contributed by atoms with Gasteiger partial charge in [0, 0.05) is 43.7 Å². The van der Waals surface area contributed by atoms with Crippen molar-refractivity contribution >= 4 is 33.9 Å². The number of benzene rings is 2. The molecule has 2 atom stereocenters. The molecule has 0 bridgehead atoms. The van der Waals surface area contributed by atoms with Gasteiger partial charge < -0.3 is 23.6 Å². The van der Waals surface area contributed by atoms with E-state index in [-0.39, 0.29) is 48.6 Å². The molecule has 2 saturated heterocycles. The van der Waals surface area contributed by atoms with Gasteiger partial charge in [0.05, 0.1) is 36.6 Å². The molecule has 262 valence electrons. The van der Waals surface area contributed by atoms with Crippen LogP contribution in [0.2, 0.25) is 0 Å². The Hall–Kier alpha value is -4.01. The fourth-order valence-electron chi connectivity index (χ4n) is 7.55. The molecule has 0 spiro atoms. The van der Waals surface area contributed by atoms with Gasteiger partial charge in [-0.3, -0.25) is 19.4 Å². The summed E-state index contributed by atoms with van der Waals surface area (Å²) < 4.78 is 73.3. The topological polar surface area (TPSA) is 112 Å². The summed E-state index contributed by atoms with van der Waals surface area (Å²) in [7, 11) is 0. The number of rotatable bonds is 9. The maximum Gasteiger partial charge on any atom is 0.401 e. The summed E-state index contributed by atoms with van der Waals surface area (Å²) in [5, 5.41) is 10.2. The number of nitrogens with zero attached hydrogens (tertiary/aromatic N) is 4. The van der Waals surface area contributed by atoms with Crippen LogP contribution in [0.5, 0.6) is 0 Å². The first kappa shape index (κ1) is 33.5. The van der Waals surface area contributed by atoms with Gasteiger partial charge in [0.1, 0.15) is 23.6 Å². The highest BCUT2D eigenvalue weighted by Crippen LogP contribution is 2.35. The van der Waals surface area contributed by atoms with E-state index in [1.165, 1.54) is 17.2 Å². The molecule has 2 unspecified atom stereocenters. The van der Waals surface area contributed by atoms with E-state index < -0.39 is 42.7 Å². The van der Waals surface area contributed by atoms with E-state index in [2.05, 4.69) is 4.98 Å². The van der Waals surface area contributed by atoms with Crippen molar-refractivity contribution in [2.75, 3.05) is 39.3 Å². The summed E-state index contributed by atoms with van der Waals surface area (Å²) >= 11 is 0. The van der Waals surface area contributed by atoms with Crippen molar-refractivity contribution in [2.24, 2.45) is 5.92 Å². The summed E-state index contributed by atoms with van der Waals surface area (Å²) in [4.78, 5) is 35.0. The first-order chi connectivity index (χ1) is 23.5. The van der Waals surface area contributed by atoms with Crippen LogP contribution in [0.25, 0.3) is 33.5 Å². The molecular weight excluding hydrogens is 648 g/mol. The molecule has 4 aromatic rings. The van der Waals surface area contributed by atoms with Gasteiger partial charge in [-0.1, -0.05) is 24.3 Å². The third-order valence-electron chi connectivity index (χ3n) is 10.1. The Morgan fingerprint density at radius 1 is 1.00 bits per heavy atom. The lowest BCUT2D eigenvalue weighted by Crippen LogP contribution is -2.59. The van der Waals surface area contributed by atoms with Crippen molar-refractivity contribution in [1.82, 2.24) is 19.7 Å². The quantitative estimate of drug-likeness (QED) is 0.210. The van der Waals surface area contributed by atoms with Crippen molar-refractivity contribution in [3.05, 3.63) is 54.0 Å². The number of aromatic nitrogens is 1. The summed E-state index contributed by atoms with van der Waals surface area (Å²) in [5.41, 5.74) is 1.64.